The molecule has 4 rings (SSSR count). The van der Waals surface area contributed by atoms with E-state index in [1.165, 1.54) is 28.7 Å². The van der Waals surface area contributed by atoms with Crippen molar-refractivity contribution in [1.29, 1.82) is 0 Å². The smallest absolute Gasteiger partial charge is 0.237 e. The number of rotatable bonds is 5. The van der Waals surface area contributed by atoms with E-state index < -0.39 is 0 Å². The van der Waals surface area contributed by atoms with Gasteiger partial charge < -0.3 is 10.6 Å². The number of carbonyl (C=O) groups is 1. The molecule has 1 fully saturated rings. The lowest BCUT2D eigenvalue weighted by molar-refractivity contribution is -0.128. The molecule has 2 aromatic rings. The third kappa shape index (κ3) is 5.48. The fraction of sp³-hybridized carbons (Fsp3) is 0.409. The largest absolute Gasteiger partial charge is 0.351 e. The van der Waals surface area contributed by atoms with E-state index >= 15 is 0 Å². The summed E-state index contributed by atoms with van der Waals surface area (Å²) in [5.74, 6) is 0.166. The van der Waals surface area contributed by atoms with Crippen LogP contribution in [0.1, 0.15) is 41.5 Å². The maximum atomic E-state index is 12.8. The van der Waals surface area contributed by atoms with Gasteiger partial charge in [-0.1, -0.05) is 55.0 Å². The molecule has 1 unspecified atom stereocenters. The molecule has 0 aromatic heterocycles. The molecule has 0 saturated carbocycles. The Morgan fingerprint density at radius 1 is 1.00 bits per heavy atom. The average molecular weight is 422 g/mol. The van der Waals surface area contributed by atoms with Crippen LogP contribution < -0.4 is 10.6 Å². The molecule has 2 aliphatic heterocycles. The molecule has 1 saturated heterocycles. The van der Waals surface area contributed by atoms with Gasteiger partial charge in [-0.2, -0.15) is 0 Å². The van der Waals surface area contributed by atoms with Crippen molar-refractivity contribution in [3.05, 3.63) is 70.8 Å². The minimum absolute atomic E-state index is 0. The van der Waals surface area contributed by atoms with Crippen LogP contribution in [0.4, 0.5) is 0 Å². The third-order valence-corrected chi connectivity index (χ3v) is 5.51. The molecule has 152 valence electrons. The van der Waals surface area contributed by atoms with Crippen LogP contribution in [0.25, 0.3) is 0 Å². The van der Waals surface area contributed by atoms with Crippen molar-refractivity contribution in [3.63, 3.8) is 0 Å². The molecule has 1 atom stereocenters. The highest BCUT2D eigenvalue weighted by molar-refractivity contribution is 5.85. The zero-order valence-electron chi connectivity index (χ0n) is 16.0. The summed E-state index contributed by atoms with van der Waals surface area (Å²) >= 11 is 0. The second kappa shape index (κ2) is 10.8. The van der Waals surface area contributed by atoms with Crippen LogP contribution >= 0.6 is 24.8 Å². The maximum absolute atomic E-state index is 12.8. The van der Waals surface area contributed by atoms with E-state index in [9.17, 15) is 4.79 Å². The maximum Gasteiger partial charge on any atom is 0.237 e. The lowest BCUT2D eigenvalue weighted by atomic mass is 10.00. The van der Waals surface area contributed by atoms with Crippen molar-refractivity contribution in [1.82, 2.24) is 15.5 Å². The minimum atomic E-state index is -0.0138. The number of likely N-dealkylation sites (tertiary alicyclic amines) is 1. The van der Waals surface area contributed by atoms with Gasteiger partial charge in [0.25, 0.3) is 0 Å². The summed E-state index contributed by atoms with van der Waals surface area (Å²) in [7, 11) is 0. The predicted molar refractivity (Wildman–Crippen MR) is 118 cm³/mol. The molecule has 2 aliphatic rings. The third-order valence-electron chi connectivity index (χ3n) is 5.51. The Labute approximate surface area is 179 Å². The van der Waals surface area contributed by atoms with Gasteiger partial charge in [0.1, 0.15) is 0 Å². The highest BCUT2D eigenvalue weighted by atomic mass is 35.5. The van der Waals surface area contributed by atoms with Gasteiger partial charge in [-0.15, -0.1) is 24.8 Å². The summed E-state index contributed by atoms with van der Waals surface area (Å²) in [4.78, 5) is 15.2. The van der Waals surface area contributed by atoms with Crippen LogP contribution in [0.5, 0.6) is 0 Å². The number of hydrogen-bond donors (Lipinski definition) is 2. The molecular formula is C22H29Cl2N3O. The normalized spacial score (nSPS) is 18.5. The molecule has 1 amide bonds. The molecule has 2 heterocycles. The monoisotopic (exact) mass is 421 g/mol. The Hall–Kier alpha value is -1.59. The Bertz CT molecular complexity index is 770. The number of fused-ring (bicyclic) bond motifs is 1. The zero-order chi connectivity index (χ0) is 17.8. The van der Waals surface area contributed by atoms with Gasteiger partial charge in [0.15, 0.2) is 0 Å². The van der Waals surface area contributed by atoms with Crippen LogP contribution in [0.3, 0.4) is 0 Å². The number of hydrogen-bond acceptors (Lipinski definition) is 3. The average Bonchev–Trinajstić information content (AvgIpc) is 3.15. The second-order valence-electron chi connectivity index (χ2n) is 7.39. The summed E-state index contributed by atoms with van der Waals surface area (Å²) < 4.78 is 0. The fourth-order valence-electron chi connectivity index (χ4n) is 4.06. The van der Waals surface area contributed by atoms with Gasteiger partial charge in [-0.3, -0.25) is 9.69 Å². The Morgan fingerprint density at radius 3 is 2.61 bits per heavy atom. The molecule has 0 bridgehead atoms. The lowest BCUT2D eigenvalue weighted by Gasteiger charge is -2.34. The standard InChI is InChI=1S/C22H27N3O.2ClH/c26-22(24-13-18-9-10-19-14-23-15-20(19)12-18)21-8-4-5-11-25(21)16-17-6-2-1-3-7-17;;/h1-3,6-7,9-10,12,21,23H,4-5,8,11,13-16H2,(H,24,26);2*1H. The van der Waals surface area contributed by atoms with Crippen molar-refractivity contribution < 1.29 is 4.79 Å². The van der Waals surface area contributed by atoms with Crippen molar-refractivity contribution in [2.75, 3.05) is 6.54 Å². The van der Waals surface area contributed by atoms with Crippen LogP contribution in [0, 0.1) is 0 Å². The van der Waals surface area contributed by atoms with Crippen LogP contribution in [-0.2, 0) is 31.0 Å². The van der Waals surface area contributed by atoms with Gasteiger partial charge in [-0.05, 0) is 41.6 Å². The van der Waals surface area contributed by atoms with Crippen molar-refractivity contribution in [2.24, 2.45) is 0 Å². The molecular weight excluding hydrogens is 393 g/mol. The van der Waals surface area contributed by atoms with Crippen LogP contribution in [0.2, 0.25) is 0 Å². The second-order valence-corrected chi connectivity index (χ2v) is 7.39. The minimum Gasteiger partial charge on any atom is -0.351 e. The van der Waals surface area contributed by atoms with E-state index in [0.717, 1.165) is 39.0 Å². The Kier molecular flexibility index (Phi) is 8.77. The summed E-state index contributed by atoms with van der Waals surface area (Å²) in [5, 5.41) is 6.54. The number of carbonyl (C=O) groups excluding carboxylic acids is 1. The molecule has 28 heavy (non-hydrogen) atoms. The summed E-state index contributed by atoms with van der Waals surface area (Å²) in [6.07, 6.45) is 3.26. The first kappa shape index (κ1) is 22.7. The van der Waals surface area contributed by atoms with E-state index in [1.54, 1.807) is 0 Å². The lowest BCUT2D eigenvalue weighted by Crippen LogP contribution is -2.48. The van der Waals surface area contributed by atoms with E-state index in [-0.39, 0.29) is 36.8 Å². The quantitative estimate of drug-likeness (QED) is 0.771. The molecule has 2 N–H and O–H groups in total. The molecule has 6 heteroatoms. The number of nitrogens with zero attached hydrogens (tertiary/aromatic N) is 1. The summed E-state index contributed by atoms with van der Waals surface area (Å²) in [6, 6.07) is 17.0. The van der Waals surface area contributed by atoms with Crippen molar-refractivity contribution in [3.8, 4) is 0 Å². The molecule has 0 aliphatic carbocycles. The number of amides is 1. The van der Waals surface area contributed by atoms with Gasteiger partial charge >= 0.3 is 0 Å². The summed E-state index contributed by atoms with van der Waals surface area (Å²) in [6.45, 7) is 4.35. The SMILES string of the molecule is Cl.Cl.O=C(NCc1ccc2c(c1)CNC2)C1CCCCN1Cc1ccccc1. The Morgan fingerprint density at radius 2 is 1.79 bits per heavy atom. The van der Waals surface area contributed by atoms with E-state index in [4.69, 9.17) is 0 Å². The van der Waals surface area contributed by atoms with E-state index in [2.05, 4.69) is 58.0 Å². The van der Waals surface area contributed by atoms with Gasteiger partial charge in [0, 0.05) is 26.2 Å². The van der Waals surface area contributed by atoms with E-state index in [0.29, 0.717) is 6.54 Å². The van der Waals surface area contributed by atoms with Crippen LogP contribution in [-0.4, -0.2) is 23.4 Å². The highest BCUT2D eigenvalue weighted by Gasteiger charge is 2.28. The van der Waals surface area contributed by atoms with E-state index in [1.807, 2.05) is 6.07 Å². The first-order valence-electron chi connectivity index (χ1n) is 9.67. The first-order valence-corrected chi connectivity index (χ1v) is 9.67. The molecule has 0 spiro atoms. The summed E-state index contributed by atoms with van der Waals surface area (Å²) in [5.41, 5.74) is 5.20. The van der Waals surface area contributed by atoms with Gasteiger partial charge in [0.05, 0.1) is 6.04 Å². The molecule has 4 nitrogen and oxygen atoms in total. The molecule has 2 aromatic carbocycles. The number of benzene rings is 2. The topological polar surface area (TPSA) is 44.4 Å². The molecule has 0 radical (unpaired) electrons. The highest BCUT2D eigenvalue weighted by Crippen LogP contribution is 2.21. The van der Waals surface area contributed by atoms with Gasteiger partial charge in [-0.25, -0.2) is 0 Å². The van der Waals surface area contributed by atoms with Crippen LogP contribution in [0.15, 0.2) is 48.5 Å². The van der Waals surface area contributed by atoms with Crippen molar-refractivity contribution in [2.45, 2.75) is 51.5 Å². The van der Waals surface area contributed by atoms with Gasteiger partial charge in [0.2, 0.25) is 5.91 Å². The first-order chi connectivity index (χ1) is 12.8. The number of nitrogens with one attached hydrogen (secondary N) is 2. The predicted octanol–water partition coefficient (Wildman–Crippen LogP) is 3.80. The number of halogens is 2. The fourth-order valence-corrected chi connectivity index (χ4v) is 4.06. The number of piperidine rings is 1. The zero-order valence-corrected chi connectivity index (χ0v) is 17.7. The Balaban J connectivity index is 0.00000140. The van der Waals surface area contributed by atoms with Crippen molar-refractivity contribution >= 4 is 30.7 Å².